The Morgan fingerprint density at radius 1 is 1.12 bits per heavy atom. The maximum atomic E-state index is 12.9. The fraction of sp³-hybridized carbons (Fsp3) is 0.300. The normalized spacial score (nSPS) is 17.2. The van der Waals surface area contributed by atoms with Gasteiger partial charge in [-0.15, -0.1) is 0 Å². The second-order valence-electron chi connectivity index (χ2n) is 6.65. The molecule has 2 aromatic carbocycles. The summed E-state index contributed by atoms with van der Waals surface area (Å²) in [5.41, 5.74) is 2.55. The molecule has 0 radical (unpaired) electrons. The van der Waals surface area contributed by atoms with Gasteiger partial charge in [-0.3, -0.25) is 9.59 Å². The minimum Gasteiger partial charge on any atom is -0.326 e. The van der Waals surface area contributed by atoms with E-state index >= 15 is 0 Å². The molecule has 1 heterocycles. The Hall–Kier alpha value is -2.69. The first kappa shape index (κ1) is 17.1. The molecule has 2 aromatic rings. The van der Waals surface area contributed by atoms with Crippen molar-refractivity contribution in [3.05, 3.63) is 59.9 Å². The SMILES string of the molecule is CC(C)c1ccc(N2C[C@H](C(=O)Nc3ccc(F)cc3)CC2=O)cc1. The molecule has 1 aliphatic heterocycles. The van der Waals surface area contributed by atoms with Crippen LogP contribution in [0, 0.1) is 11.7 Å². The van der Waals surface area contributed by atoms with Crippen LogP contribution in [0.1, 0.15) is 31.7 Å². The highest BCUT2D eigenvalue weighted by Gasteiger charge is 2.35. The van der Waals surface area contributed by atoms with Gasteiger partial charge in [0, 0.05) is 24.3 Å². The number of carbonyl (C=O) groups is 2. The van der Waals surface area contributed by atoms with E-state index in [9.17, 15) is 14.0 Å². The monoisotopic (exact) mass is 340 g/mol. The molecule has 5 heteroatoms. The summed E-state index contributed by atoms with van der Waals surface area (Å²) in [4.78, 5) is 26.3. The maximum Gasteiger partial charge on any atom is 0.229 e. The number of carbonyl (C=O) groups excluding carboxylic acids is 2. The van der Waals surface area contributed by atoms with Gasteiger partial charge in [0.25, 0.3) is 0 Å². The van der Waals surface area contributed by atoms with E-state index in [0.717, 1.165) is 5.69 Å². The molecule has 0 bridgehead atoms. The lowest BCUT2D eigenvalue weighted by Crippen LogP contribution is -2.28. The van der Waals surface area contributed by atoms with Crippen molar-refractivity contribution in [2.24, 2.45) is 5.92 Å². The van der Waals surface area contributed by atoms with Crippen LogP contribution in [0.3, 0.4) is 0 Å². The van der Waals surface area contributed by atoms with Gasteiger partial charge in [0.2, 0.25) is 11.8 Å². The van der Waals surface area contributed by atoms with Crippen molar-refractivity contribution in [2.45, 2.75) is 26.2 Å². The molecule has 0 aliphatic carbocycles. The second-order valence-corrected chi connectivity index (χ2v) is 6.65. The summed E-state index contributed by atoms with van der Waals surface area (Å²) in [5, 5.41) is 2.74. The highest BCUT2D eigenvalue weighted by molar-refractivity contribution is 6.03. The van der Waals surface area contributed by atoms with Gasteiger partial charge in [-0.25, -0.2) is 4.39 Å². The van der Waals surface area contributed by atoms with Crippen molar-refractivity contribution < 1.29 is 14.0 Å². The van der Waals surface area contributed by atoms with E-state index < -0.39 is 5.92 Å². The Bertz CT molecular complexity index is 769. The molecule has 3 rings (SSSR count). The zero-order valence-corrected chi connectivity index (χ0v) is 14.3. The van der Waals surface area contributed by atoms with Gasteiger partial charge in [-0.2, -0.15) is 0 Å². The number of nitrogens with one attached hydrogen (secondary N) is 1. The first-order valence-corrected chi connectivity index (χ1v) is 8.41. The lowest BCUT2D eigenvalue weighted by molar-refractivity contribution is -0.122. The molecule has 0 spiro atoms. The quantitative estimate of drug-likeness (QED) is 0.916. The first-order valence-electron chi connectivity index (χ1n) is 8.41. The summed E-state index contributed by atoms with van der Waals surface area (Å²) in [7, 11) is 0. The maximum absolute atomic E-state index is 12.9. The van der Waals surface area contributed by atoms with E-state index in [1.165, 1.54) is 29.8 Å². The van der Waals surface area contributed by atoms with Gasteiger partial charge >= 0.3 is 0 Å². The Labute approximate surface area is 146 Å². The largest absolute Gasteiger partial charge is 0.326 e. The van der Waals surface area contributed by atoms with Crippen molar-refractivity contribution >= 4 is 23.2 Å². The van der Waals surface area contributed by atoms with Crippen LogP contribution in [0.5, 0.6) is 0 Å². The van der Waals surface area contributed by atoms with Gasteiger partial charge in [0.1, 0.15) is 5.82 Å². The lowest BCUT2D eigenvalue weighted by Gasteiger charge is -2.17. The molecule has 1 saturated heterocycles. The van der Waals surface area contributed by atoms with Crippen LogP contribution in [0.2, 0.25) is 0 Å². The summed E-state index contributed by atoms with van der Waals surface area (Å²) >= 11 is 0. The predicted molar refractivity (Wildman–Crippen MR) is 96.0 cm³/mol. The predicted octanol–water partition coefficient (Wildman–Crippen LogP) is 3.94. The molecule has 1 fully saturated rings. The van der Waals surface area contributed by atoms with E-state index in [2.05, 4.69) is 19.2 Å². The van der Waals surface area contributed by atoms with E-state index in [-0.39, 0.29) is 24.1 Å². The van der Waals surface area contributed by atoms with Gasteiger partial charge in [0.05, 0.1) is 5.92 Å². The number of nitrogens with zero attached hydrogens (tertiary/aromatic N) is 1. The molecule has 25 heavy (non-hydrogen) atoms. The number of anilines is 2. The second kappa shape index (κ2) is 7.05. The lowest BCUT2D eigenvalue weighted by atomic mass is 10.0. The van der Waals surface area contributed by atoms with Crippen LogP contribution in [-0.2, 0) is 9.59 Å². The number of hydrogen-bond donors (Lipinski definition) is 1. The van der Waals surface area contributed by atoms with Crippen LogP contribution in [-0.4, -0.2) is 18.4 Å². The Balaban J connectivity index is 1.67. The molecule has 1 atom stereocenters. The van der Waals surface area contributed by atoms with Crippen molar-refractivity contribution in [3.63, 3.8) is 0 Å². The number of halogens is 1. The van der Waals surface area contributed by atoms with E-state index in [1.54, 1.807) is 4.90 Å². The van der Waals surface area contributed by atoms with E-state index in [1.807, 2.05) is 24.3 Å². The highest BCUT2D eigenvalue weighted by Crippen LogP contribution is 2.27. The van der Waals surface area contributed by atoms with E-state index in [0.29, 0.717) is 18.2 Å². The summed E-state index contributed by atoms with van der Waals surface area (Å²) in [5.74, 6) is -0.622. The number of rotatable bonds is 4. The van der Waals surface area contributed by atoms with Gasteiger partial charge < -0.3 is 10.2 Å². The van der Waals surface area contributed by atoms with Gasteiger partial charge in [-0.1, -0.05) is 26.0 Å². The van der Waals surface area contributed by atoms with Crippen LogP contribution in [0.15, 0.2) is 48.5 Å². The van der Waals surface area contributed by atoms with Crippen LogP contribution >= 0.6 is 0 Å². The third-order valence-corrected chi connectivity index (χ3v) is 4.48. The van der Waals surface area contributed by atoms with Gasteiger partial charge in [0.15, 0.2) is 0 Å². The smallest absolute Gasteiger partial charge is 0.229 e. The van der Waals surface area contributed by atoms with Crippen molar-refractivity contribution in [3.8, 4) is 0 Å². The van der Waals surface area contributed by atoms with Gasteiger partial charge in [-0.05, 0) is 47.9 Å². The van der Waals surface area contributed by atoms with Crippen LogP contribution in [0.4, 0.5) is 15.8 Å². The molecule has 2 amide bonds. The molecule has 1 aliphatic rings. The molecule has 0 aromatic heterocycles. The number of hydrogen-bond acceptors (Lipinski definition) is 2. The highest BCUT2D eigenvalue weighted by atomic mass is 19.1. The Morgan fingerprint density at radius 2 is 1.76 bits per heavy atom. The molecular weight excluding hydrogens is 319 g/mol. The van der Waals surface area contributed by atoms with Crippen molar-refractivity contribution in [2.75, 3.05) is 16.8 Å². The average Bonchev–Trinajstić information content (AvgIpc) is 2.99. The van der Waals surface area contributed by atoms with Crippen LogP contribution in [0.25, 0.3) is 0 Å². The van der Waals surface area contributed by atoms with E-state index in [4.69, 9.17) is 0 Å². The zero-order valence-electron chi connectivity index (χ0n) is 14.3. The summed E-state index contributed by atoms with van der Waals surface area (Å²) in [6.45, 7) is 4.59. The minimum atomic E-state index is -0.415. The fourth-order valence-corrected chi connectivity index (χ4v) is 2.95. The molecule has 1 N–H and O–H groups in total. The first-order chi connectivity index (χ1) is 11.9. The minimum absolute atomic E-state index is 0.0587. The summed E-state index contributed by atoms with van der Waals surface area (Å²) < 4.78 is 12.9. The third kappa shape index (κ3) is 3.87. The number of benzene rings is 2. The molecule has 0 unspecified atom stereocenters. The van der Waals surface area contributed by atoms with Crippen LogP contribution < -0.4 is 10.2 Å². The molecule has 0 saturated carbocycles. The average molecular weight is 340 g/mol. The molecule has 4 nitrogen and oxygen atoms in total. The third-order valence-electron chi connectivity index (χ3n) is 4.48. The Morgan fingerprint density at radius 3 is 2.36 bits per heavy atom. The Kier molecular flexibility index (Phi) is 4.83. The number of amides is 2. The fourth-order valence-electron chi connectivity index (χ4n) is 2.95. The molecule has 130 valence electrons. The summed E-state index contributed by atoms with van der Waals surface area (Å²) in [6.07, 6.45) is 0.180. The van der Waals surface area contributed by atoms with Crippen molar-refractivity contribution in [1.29, 1.82) is 0 Å². The molecular formula is C20H21FN2O2. The van der Waals surface area contributed by atoms with Crippen molar-refractivity contribution in [1.82, 2.24) is 0 Å². The summed E-state index contributed by atoms with van der Waals surface area (Å²) in [6, 6.07) is 13.5. The standard InChI is InChI=1S/C20H21FN2O2/c1-13(2)14-3-9-18(10-4-14)23-12-15(11-19(23)24)20(25)22-17-7-5-16(21)6-8-17/h3-10,13,15H,11-12H2,1-2H3,(H,22,25)/t15-/m1/s1. The topological polar surface area (TPSA) is 49.4 Å². The zero-order chi connectivity index (χ0) is 18.0.